The van der Waals surface area contributed by atoms with Crippen molar-refractivity contribution in [2.24, 2.45) is 11.7 Å². The number of nitrogens with two attached hydrogens (primary N) is 1. The molecule has 1 aromatic carbocycles. The summed E-state index contributed by atoms with van der Waals surface area (Å²) < 4.78 is 61.5. The lowest BCUT2D eigenvalue weighted by Crippen LogP contribution is -2.50. The highest BCUT2D eigenvalue weighted by Gasteiger charge is 2.33. The highest BCUT2D eigenvalue weighted by atomic mass is 32.2. The average Bonchev–Trinajstić information content (AvgIpc) is 2.60. The Labute approximate surface area is 167 Å². The lowest BCUT2D eigenvalue weighted by Gasteiger charge is -2.34. The molecule has 2 amide bonds. The van der Waals surface area contributed by atoms with E-state index in [2.05, 4.69) is 10.6 Å². The maximum Gasteiger partial charge on any atom is 0.416 e. The predicted octanol–water partition coefficient (Wildman–Crippen LogP) is 1.09. The van der Waals surface area contributed by atoms with Crippen LogP contribution in [0.25, 0.3) is 0 Å². The van der Waals surface area contributed by atoms with Crippen LogP contribution in [0.15, 0.2) is 24.3 Å². The van der Waals surface area contributed by atoms with Crippen LogP contribution in [0.4, 0.5) is 13.2 Å². The van der Waals surface area contributed by atoms with Crippen molar-refractivity contribution in [3.8, 4) is 0 Å². The van der Waals surface area contributed by atoms with Crippen LogP contribution in [0.2, 0.25) is 0 Å². The second-order valence-electron chi connectivity index (χ2n) is 7.36. The standard InChI is InChI=1S/C18H24F3N3O4S/c1-29(27,28)10-12-8-14(22)5-6-15(12)24-16(25)9-23-17(26)11-3-2-4-13(7-11)18(19,20)21/h2-4,7,12,14-15H,5-6,8-10,22H2,1H3,(H,23,26)(H,24,25)/t12-,14+,15-/m0/s1. The highest BCUT2D eigenvalue weighted by Crippen LogP contribution is 2.29. The molecule has 1 fully saturated rings. The topological polar surface area (TPSA) is 118 Å². The second-order valence-corrected chi connectivity index (χ2v) is 9.55. The van der Waals surface area contributed by atoms with Crippen molar-refractivity contribution in [3.63, 3.8) is 0 Å². The summed E-state index contributed by atoms with van der Waals surface area (Å²) in [6.45, 7) is -0.441. The largest absolute Gasteiger partial charge is 0.416 e. The predicted molar refractivity (Wildman–Crippen MR) is 101 cm³/mol. The molecule has 3 atom stereocenters. The van der Waals surface area contributed by atoms with Crippen LogP contribution >= 0.6 is 0 Å². The first-order valence-corrected chi connectivity index (χ1v) is 11.1. The van der Waals surface area contributed by atoms with Crippen LogP contribution in [0.1, 0.15) is 35.2 Å². The Hall–Kier alpha value is -2.14. The Morgan fingerprint density at radius 2 is 1.93 bits per heavy atom. The monoisotopic (exact) mass is 435 g/mol. The van der Waals surface area contributed by atoms with Gasteiger partial charge in [0.25, 0.3) is 5.91 Å². The maximum absolute atomic E-state index is 12.7. The number of alkyl halides is 3. The molecule has 1 aromatic rings. The number of nitrogens with one attached hydrogen (secondary N) is 2. The molecule has 0 unspecified atom stereocenters. The zero-order valence-corrected chi connectivity index (χ0v) is 16.6. The summed E-state index contributed by atoms with van der Waals surface area (Å²) in [6, 6.07) is 3.33. The third-order valence-electron chi connectivity index (χ3n) is 4.75. The van der Waals surface area contributed by atoms with Gasteiger partial charge in [-0.15, -0.1) is 0 Å². The van der Waals surface area contributed by atoms with E-state index in [1.165, 1.54) is 6.07 Å². The van der Waals surface area contributed by atoms with Crippen LogP contribution in [0.5, 0.6) is 0 Å². The molecular weight excluding hydrogens is 411 g/mol. The summed E-state index contributed by atoms with van der Waals surface area (Å²) in [7, 11) is -3.26. The normalized spacial score (nSPS) is 22.7. The number of hydrogen-bond donors (Lipinski definition) is 3. The fourth-order valence-corrected chi connectivity index (χ4v) is 4.57. The number of carbonyl (C=O) groups excluding carboxylic acids is 2. The first-order valence-electron chi connectivity index (χ1n) is 9.03. The Morgan fingerprint density at radius 3 is 2.55 bits per heavy atom. The van der Waals surface area contributed by atoms with Crippen LogP contribution < -0.4 is 16.4 Å². The van der Waals surface area contributed by atoms with Crippen molar-refractivity contribution in [3.05, 3.63) is 35.4 Å². The van der Waals surface area contributed by atoms with Crippen LogP contribution in [-0.2, 0) is 20.8 Å². The quantitative estimate of drug-likeness (QED) is 0.618. The lowest BCUT2D eigenvalue weighted by molar-refractivity contribution is -0.137. The van der Waals surface area contributed by atoms with Crippen LogP contribution in [-0.4, -0.2) is 50.9 Å². The van der Waals surface area contributed by atoms with E-state index in [1.807, 2.05) is 0 Å². The second kappa shape index (κ2) is 9.12. The van der Waals surface area contributed by atoms with E-state index >= 15 is 0 Å². The molecule has 0 aliphatic heterocycles. The number of amides is 2. The van der Waals surface area contributed by atoms with Gasteiger partial charge >= 0.3 is 6.18 Å². The first-order chi connectivity index (χ1) is 13.3. The fourth-order valence-electron chi connectivity index (χ4n) is 3.42. The summed E-state index contributed by atoms with van der Waals surface area (Å²) in [6.07, 6.45) is -1.88. The van der Waals surface area contributed by atoms with Gasteiger partial charge in [0, 0.05) is 23.9 Å². The number of benzene rings is 1. The van der Waals surface area contributed by atoms with Crippen molar-refractivity contribution >= 4 is 21.7 Å². The van der Waals surface area contributed by atoms with E-state index in [9.17, 15) is 31.2 Å². The molecular formula is C18H24F3N3O4S. The summed E-state index contributed by atoms with van der Waals surface area (Å²) in [5.41, 5.74) is 4.72. The zero-order valence-electron chi connectivity index (χ0n) is 15.8. The Balaban J connectivity index is 1.94. The number of carbonyl (C=O) groups is 2. The molecule has 0 radical (unpaired) electrons. The molecule has 0 saturated heterocycles. The Morgan fingerprint density at radius 1 is 1.24 bits per heavy atom. The Bertz CT molecular complexity index is 858. The molecule has 1 aliphatic rings. The number of rotatable bonds is 6. The molecule has 29 heavy (non-hydrogen) atoms. The molecule has 4 N–H and O–H groups in total. The van der Waals surface area contributed by atoms with Gasteiger partial charge in [0.05, 0.1) is 17.9 Å². The van der Waals surface area contributed by atoms with Gasteiger partial charge in [0.15, 0.2) is 0 Å². The third kappa shape index (κ3) is 7.32. The molecule has 1 aliphatic carbocycles. The van der Waals surface area contributed by atoms with Gasteiger partial charge in [-0.3, -0.25) is 9.59 Å². The average molecular weight is 435 g/mol. The van der Waals surface area contributed by atoms with Crippen LogP contribution in [0.3, 0.4) is 0 Å². The summed E-state index contributed by atoms with van der Waals surface area (Å²) >= 11 is 0. The van der Waals surface area contributed by atoms with Gasteiger partial charge < -0.3 is 16.4 Å². The fraction of sp³-hybridized carbons (Fsp3) is 0.556. The summed E-state index contributed by atoms with van der Waals surface area (Å²) in [5.74, 6) is -1.81. The molecule has 7 nitrogen and oxygen atoms in total. The molecule has 0 heterocycles. The van der Waals surface area contributed by atoms with Gasteiger partial charge in [-0.2, -0.15) is 13.2 Å². The highest BCUT2D eigenvalue weighted by molar-refractivity contribution is 7.90. The smallest absolute Gasteiger partial charge is 0.352 e. The molecule has 11 heteroatoms. The summed E-state index contributed by atoms with van der Waals surface area (Å²) in [5, 5.41) is 4.98. The minimum absolute atomic E-state index is 0.109. The molecule has 0 spiro atoms. The van der Waals surface area contributed by atoms with E-state index in [0.29, 0.717) is 25.3 Å². The maximum atomic E-state index is 12.7. The van der Waals surface area contributed by atoms with E-state index in [4.69, 9.17) is 5.73 Å². The SMILES string of the molecule is CS(=O)(=O)C[C@@H]1C[C@H](N)CC[C@@H]1NC(=O)CNC(=O)c1cccc(C(F)(F)F)c1. The van der Waals surface area contributed by atoms with Gasteiger partial charge in [-0.25, -0.2) is 8.42 Å². The third-order valence-corrected chi connectivity index (χ3v) is 5.78. The van der Waals surface area contributed by atoms with Crippen molar-refractivity contribution in [1.82, 2.24) is 10.6 Å². The zero-order chi connectivity index (χ0) is 21.8. The Kier molecular flexibility index (Phi) is 7.28. The van der Waals surface area contributed by atoms with Crippen molar-refractivity contribution in [2.45, 2.75) is 37.5 Å². The first kappa shape index (κ1) is 23.1. The van der Waals surface area contributed by atoms with Crippen LogP contribution in [0, 0.1) is 5.92 Å². The number of halogens is 3. The van der Waals surface area contributed by atoms with Gasteiger partial charge in [0.1, 0.15) is 9.84 Å². The van der Waals surface area contributed by atoms with Gasteiger partial charge in [-0.05, 0) is 43.4 Å². The van der Waals surface area contributed by atoms with E-state index in [0.717, 1.165) is 18.4 Å². The van der Waals surface area contributed by atoms with E-state index < -0.39 is 46.0 Å². The van der Waals surface area contributed by atoms with E-state index in [1.54, 1.807) is 0 Å². The number of sulfone groups is 1. The molecule has 162 valence electrons. The molecule has 1 saturated carbocycles. The summed E-state index contributed by atoms with van der Waals surface area (Å²) in [4.78, 5) is 24.2. The van der Waals surface area contributed by atoms with Gasteiger partial charge in [-0.1, -0.05) is 6.07 Å². The lowest BCUT2D eigenvalue weighted by atomic mass is 9.83. The van der Waals surface area contributed by atoms with Crippen molar-refractivity contribution in [1.29, 1.82) is 0 Å². The minimum atomic E-state index is -4.58. The van der Waals surface area contributed by atoms with Crippen molar-refractivity contribution < 1.29 is 31.2 Å². The molecule has 2 rings (SSSR count). The van der Waals surface area contributed by atoms with Crippen molar-refractivity contribution in [2.75, 3.05) is 18.6 Å². The molecule has 0 aromatic heterocycles. The molecule has 0 bridgehead atoms. The number of hydrogen-bond acceptors (Lipinski definition) is 5. The van der Waals surface area contributed by atoms with Gasteiger partial charge in [0.2, 0.25) is 5.91 Å². The van der Waals surface area contributed by atoms with E-state index in [-0.39, 0.29) is 23.3 Å². The minimum Gasteiger partial charge on any atom is -0.352 e.